The van der Waals surface area contributed by atoms with Gasteiger partial charge in [0.25, 0.3) is 0 Å². The molecule has 0 bridgehead atoms. The Balaban J connectivity index is 0.00000306. The first kappa shape index (κ1) is 31.4. The van der Waals surface area contributed by atoms with Crippen molar-refractivity contribution in [2.45, 2.75) is 57.9 Å². The van der Waals surface area contributed by atoms with E-state index < -0.39 is 0 Å². The second-order valence-electron chi connectivity index (χ2n) is 8.86. The van der Waals surface area contributed by atoms with E-state index in [0.29, 0.717) is 18.4 Å². The van der Waals surface area contributed by atoms with Crippen molar-refractivity contribution in [3.63, 3.8) is 0 Å². The minimum atomic E-state index is -0.150. The van der Waals surface area contributed by atoms with Gasteiger partial charge in [-0.3, -0.25) is 4.90 Å². The Labute approximate surface area is 229 Å². The first-order valence-corrected chi connectivity index (χ1v) is 12.1. The highest BCUT2D eigenvalue weighted by atomic mass is 79.9. The Morgan fingerprint density at radius 1 is 0.886 bits per heavy atom. The van der Waals surface area contributed by atoms with Crippen molar-refractivity contribution < 1.29 is 25.2 Å². The molecule has 5 N–H and O–H groups in total. The fourth-order valence-corrected chi connectivity index (χ4v) is 4.42. The van der Waals surface area contributed by atoms with E-state index >= 15 is 0 Å². The van der Waals surface area contributed by atoms with Crippen LogP contribution in [0.25, 0.3) is 0 Å². The maximum absolute atomic E-state index is 10.0. The highest BCUT2D eigenvalue weighted by Gasteiger charge is 2.27. The first-order chi connectivity index (χ1) is 16.0. The van der Waals surface area contributed by atoms with Crippen LogP contribution < -0.4 is 10.1 Å². The fraction of sp³-hybridized carbons (Fsp3) is 0.538. The molecule has 2 aromatic rings. The van der Waals surface area contributed by atoms with Crippen LogP contribution in [0.3, 0.4) is 0 Å². The van der Waals surface area contributed by atoms with Crippen molar-refractivity contribution in [2.24, 2.45) is 0 Å². The molecular formula is C26H40Br2N2O5. The monoisotopic (exact) mass is 618 g/mol. The number of aromatic hydroxyl groups is 4. The summed E-state index contributed by atoms with van der Waals surface area (Å²) >= 11 is 0. The third-order valence-electron chi connectivity index (χ3n) is 6.27. The number of hydrogen-bond acceptors (Lipinski definition) is 7. The molecule has 0 aromatic heterocycles. The zero-order valence-corrected chi connectivity index (χ0v) is 23.8. The van der Waals surface area contributed by atoms with Gasteiger partial charge in [0.1, 0.15) is 6.61 Å². The summed E-state index contributed by atoms with van der Waals surface area (Å²) in [5.41, 5.74) is 1.96. The van der Waals surface area contributed by atoms with E-state index in [1.165, 1.54) is 25.0 Å². The van der Waals surface area contributed by atoms with Crippen LogP contribution in [0.2, 0.25) is 0 Å². The van der Waals surface area contributed by atoms with Gasteiger partial charge < -0.3 is 30.5 Å². The summed E-state index contributed by atoms with van der Waals surface area (Å²) in [6.45, 7) is 6.63. The summed E-state index contributed by atoms with van der Waals surface area (Å²) in [5.74, 6) is 0.00247. The molecule has 1 unspecified atom stereocenters. The molecule has 2 aromatic carbocycles. The third kappa shape index (κ3) is 9.37. The zero-order chi connectivity index (χ0) is 23.6. The molecule has 7 nitrogen and oxygen atoms in total. The molecule has 1 aliphatic rings. The van der Waals surface area contributed by atoms with Crippen LogP contribution in [-0.4, -0.2) is 64.2 Å². The number of rotatable bonds is 13. The SMILES string of the molecule is Br.Br.CCCN(CCCCCCNCCc1ccc(O)c(O)c1)C1COc2c(ccc(O)c2O)C1. The lowest BCUT2D eigenvalue weighted by Gasteiger charge is -2.35. The molecule has 1 heterocycles. The standard InChI is InChI=1S/C26H38N2O5.2BrH/c1-2-14-28(21-17-20-8-10-23(30)25(32)26(20)33-18-21)15-6-4-3-5-12-27-13-11-19-7-9-22(29)24(31)16-19;;/h7-10,16,21,27,29-32H,2-6,11-15,17-18H2,1H3;2*1H. The number of unbranched alkanes of at least 4 members (excludes halogenated alkanes) is 3. The summed E-state index contributed by atoms with van der Waals surface area (Å²) in [6.07, 6.45) is 7.40. The fourth-order valence-electron chi connectivity index (χ4n) is 4.42. The smallest absolute Gasteiger partial charge is 0.200 e. The molecular weight excluding hydrogens is 580 g/mol. The number of phenols is 4. The second kappa shape index (κ2) is 16.1. The highest BCUT2D eigenvalue weighted by molar-refractivity contribution is 8.93. The van der Waals surface area contributed by atoms with Gasteiger partial charge in [0, 0.05) is 6.04 Å². The van der Waals surface area contributed by atoms with Crippen LogP contribution in [0, 0.1) is 0 Å². The summed E-state index contributed by atoms with van der Waals surface area (Å²) in [6, 6.07) is 8.65. The second-order valence-corrected chi connectivity index (χ2v) is 8.86. The zero-order valence-electron chi connectivity index (χ0n) is 20.4. The lowest BCUT2D eigenvalue weighted by atomic mass is 10.00. The summed E-state index contributed by atoms with van der Waals surface area (Å²) in [7, 11) is 0. The van der Waals surface area contributed by atoms with Crippen molar-refractivity contribution in [3.05, 3.63) is 41.5 Å². The molecule has 3 rings (SSSR count). The summed E-state index contributed by atoms with van der Waals surface area (Å²) in [4.78, 5) is 2.50. The average Bonchev–Trinajstić information content (AvgIpc) is 2.81. The largest absolute Gasteiger partial charge is 0.504 e. The summed E-state index contributed by atoms with van der Waals surface area (Å²) < 4.78 is 5.82. The molecule has 0 saturated heterocycles. The van der Waals surface area contributed by atoms with Gasteiger partial charge in [0.05, 0.1) is 0 Å². The topological polar surface area (TPSA) is 105 Å². The molecule has 0 saturated carbocycles. The van der Waals surface area contributed by atoms with E-state index in [4.69, 9.17) is 4.74 Å². The number of nitrogens with zero attached hydrogens (tertiary/aromatic N) is 1. The van der Waals surface area contributed by atoms with Crippen molar-refractivity contribution in [3.8, 4) is 28.7 Å². The number of halogens is 2. The van der Waals surface area contributed by atoms with E-state index in [-0.39, 0.29) is 57.0 Å². The van der Waals surface area contributed by atoms with Crippen LogP contribution in [0.1, 0.15) is 50.2 Å². The number of phenolic OH excluding ortho intramolecular Hbond substituents is 4. The number of nitrogens with one attached hydrogen (secondary N) is 1. The Hall–Kier alpha value is -1.68. The predicted molar refractivity (Wildman–Crippen MR) is 150 cm³/mol. The van der Waals surface area contributed by atoms with Gasteiger partial charge in [-0.05, 0) is 87.6 Å². The molecule has 0 aliphatic carbocycles. The Morgan fingerprint density at radius 2 is 1.63 bits per heavy atom. The van der Waals surface area contributed by atoms with E-state index in [9.17, 15) is 20.4 Å². The molecule has 0 amide bonds. The van der Waals surface area contributed by atoms with E-state index in [2.05, 4.69) is 17.1 Å². The number of fused-ring (bicyclic) bond motifs is 1. The van der Waals surface area contributed by atoms with E-state index in [1.807, 2.05) is 12.1 Å². The van der Waals surface area contributed by atoms with Gasteiger partial charge in [-0.15, -0.1) is 34.0 Å². The Morgan fingerprint density at radius 3 is 2.37 bits per heavy atom. The molecule has 9 heteroatoms. The van der Waals surface area contributed by atoms with Gasteiger partial charge in [-0.2, -0.15) is 0 Å². The highest BCUT2D eigenvalue weighted by Crippen LogP contribution is 2.41. The maximum Gasteiger partial charge on any atom is 0.200 e. The van der Waals surface area contributed by atoms with Gasteiger partial charge in [-0.1, -0.05) is 31.9 Å². The number of benzene rings is 2. The number of ether oxygens (including phenoxy) is 1. The van der Waals surface area contributed by atoms with Crippen LogP contribution in [0.15, 0.2) is 30.3 Å². The predicted octanol–water partition coefficient (Wildman–Crippen LogP) is 5.07. The van der Waals surface area contributed by atoms with Gasteiger partial charge in [0.15, 0.2) is 23.0 Å². The average molecular weight is 620 g/mol. The van der Waals surface area contributed by atoms with Gasteiger partial charge in [-0.25, -0.2) is 0 Å². The minimum Gasteiger partial charge on any atom is -0.504 e. The van der Waals surface area contributed by atoms with Crippen LogP contribution >= 0.6 is 34.0 Å². The molecule has 0 fully saturated rings. The van der Waals surface area contributed by atoms with E-state index in [1.54, 1.807) is 6.07 Å². The molecule has 1 atom stereocenters. The van der Waals surface area contributed by atoms with Crippen molar-refractivity contribution >= 4 is 34.0 Å². The van der Waals surface area contributed by atoms with Crippen molar-refractivity contribution in [1.82, 2.24) is 10.2 Å². The number of hydrogen-bond donors (Lipinski definition) is 5. The Bertz CT molecular complexity index is 900. The van der Waals surface area contributed by atoms with Gasteiger partial charge >= 0.3 is 0 Å². The quantitative estimate of drug-likeness (QED) is 0.157. The lowest BCUT2D eigenvalue weighted by Crippen LogP contribution is -2.44. The molecule has 198 valence electrons. The van der Waals surface area contributed by atoms with Gasteiger partial charge in [0.2, 0.25) is 5.75 Å². The third-order valence-corrected chi connectivity index (χ3v) is 6.27. The Kier molecular flexibility index (Phi) is 14.5. The maximum atomic E-state index is 10.0. The molecule has 35 heavy (non-hydrogen) atoms. The minimum absolute atomic E-state index is 0. The molecule has 0 spiro atoms. The van der Waals surface area contributed by atoms with Crippen LogP contribution in [-0.2, 0) is 12.8 Å². The molecule has 0 radical (unpaired) electrons. The summed E-state index contributed by atoms with van der Waals surface area (Å²) in [5, 5.41) is 42.0. The van der Waals surface area contributed by atoms with Crippen LogP contribution in [0.5, 0.6) is 28.7 Å². The van der Waals surface area contributed by atoms with Crippen molar-refractivity contribution in [1.29, 1.82) is 0 Å². The normalized spacial score (nSPS) is 14.5. The molecule has 1 aliphatic heterocycles. The van der Waals surface area contributed by atoms with E-state index in [0.717, 1.165) is 69.4 Å². The van der Waals surface area contributed by atoms with Crippen molar-refractivity contribution in [2.75, 3.05) is 32.8 Å². The first-order valence-electron chi connectivity index (χ1n) is 12.1. The van der Waals surface area contributed by atoms with Crippen LogP contribution in [0.4, 0.5) is 0 Å². The lowest BCUT2D eigenvalue weighted by molar-refractivity contribution is 0.114.